The molecule has 2 aromatic heterocycles. The summed E-state index contributed by atoms with van der Waals surface area (Å²) in [4.78, 5) is 23.5. The van der Waals surface area contributed by atoms with Gasteiger partial charge in [0.25, 0.3) is 5.91 Å². The van der Waals surface area contributed by atoms with E-state index in [2.05, 4.69) is 34.0 Å². The largest absolute Gasteiger partial charge is 0.349 e. The third-order valence-corrected chi connectivity index (χ3v) is 4.67. The molecule has 0 saturated heterocycles. The minimum absolute atomic E-state index is 0.1000. The molecule has 0 spiro atoms. The van der Waals surface area contributed by atoms with Crippen LogP contribution >= 0.6 is 0 Å². The number of fused-ring (bicyclic) bond motifs is 1. The Morgan fingerprint density at radius 3 is 2.79 bits per heavy atom. The topological polar surface area (TPSA) is 63.1 Å². The number of hydrogen-bond donors (Lipinski definition) is 1. The molecule has 6 nitrogen and oxygen atoms in total. The maximum Gasteiger partial charge on any atom is 0.287 e. The smallest absolute Gasteiger partial charge is 0.287 e. The van der Waals surface area contributed by atoms with E-state index >= 15 is 0 Å². The molecule has 0 bridgehead atoms. The molecule has 2 aromatic rings. The van der Waals surface area contributed by atoms with Crippen LogP contribution in [0.2, 0.25) is 0 Å². The number of nitrogens with zero attached hydrogens (tertiary/aromatic N) is 4. The molecule has 3 rings (SSSR count). The predicted octanol–water partition coefficient (Wildman–Crippen LogP) is 1.55. The summed E-state index contributed by atoms with van der Waals surface area (Å²) in [6.07, 6.45) is 5.27. The number of nitrogens with one attached hydrogen (secondary N) is 1. The highest BCUT2D eigenvalue weighted by Crippen LogP contribution is 2.20. The van der Waals surface area contributed by atoms with Crippen molar-refractivity contribution >= 4 is 5.91 Å². The Labute approximate surface area is 142 Å². The van der Waals surface area contributed by atoms with Gasteiger partial charge in [-0.25, -0.2) is 4.98 Å². The first-order chi connectivity index (χ1) is 11.6. The van der Waals surface area contributed by atoms with Crippen LogP contribution in [0.4, 0.5) is 0 Å². The van der Waals surface area contributed by atoms with Gasteiger partial charge in [-0.05, 0) is 38.0 Å². The SMILES string of the molecule is CC(C)N1CCc2c(nc(C(=O)NCCc3ccncc3)n2C)C1. The highest BCUT2D eigenvalue weighted by molar-refractivity contribution is 5.91. The second-order valence-electron chi connectivity index (χ2n) is 6.56. The van der Waals surface area contributed by atoms with Crippen LogP contribution in [0.15, 0.2) is 24.5 Å². The number of rotatable bonds is 5. The van der Waals surface area contributed by atoms with E-state index in [9.17, 15) is 4.79 Å². The lowest BCUT2D eigenvalue weighted by atomic mass is 10.1. The quantitative estimate of drug-likeness (QED) is 0.905. The van der Waals surface area contributed by atoms with Crippen LogP contribution in [0.5, 0.6) is 0 Å². The van der Waals surface area contributed by atoms with Gasteiger partial charge in [0.2, 0.25) is 0 Å². The zero-order chi connectivity index (χ0) is 17.1. The van der Waals surface area contributed by atoms with E-state index in [1.807, 2.05) is 23.7 Å². The summed E-state index contributed by atoms with van der Waals surface area (Å²) in [7, 11) is 1.94. The van der Waals surface area contributed by atoms with E-state index in [0.29, 0.717) is 18.4 Å². The molecular weight excluding hydrogens is 302 g/mol. The summed E-state index contributed by atoms with van der Waals surface area (Å²) in [5, 5.41) is 2.98. The normalized spacial score (nSPS) is 14.7. The van der Waals surface area contributed by atoms with Crippen LogP contribution in [-0.2, 0) is 26.4 Å². The van der Waals surface area contributed by atoms with Crippen LogP contribution in [0.1, 0.15) is 41.4 Å². The Bertz CT molecular complexity index is 708. The molecule has 1 aliphatic heterocycles. The third-order valence-electron chi connectivity index (χ3n) is 4.67. The van der Waals surface area contributed by atoms with Crippen molar-refractivity contribution in [2.45, 2.75) is 39.3 Å². The summed E-state index contributed by atoms with van der Waals surface area (Å²) in [5.74, 6) is 0.414. The van der Waals surface area contributed by atoms with Gasteiger partial charge in [0.1, 0.15) is 0 Å². The molecule has 3 heterocycles. The van der Waals surface area contributed by atoms with E-state index < -0.39 is 0 Å². The first-order valence-electron chi connectivity index (χ1n) is 8.52. The molecule has 0 fully saturated rings. The first-order valence-corrected chi connectivity index (χ1v) is 8.52. The second-order valence-corrected chi connectivity index (χ2v) is 6.56. The van der Waals surface area contributed by atoms with Crippen molar-refractivity contribution < 1.29 is 4.79 Å². The van der Waals surface area contributed by atoms with Gasteiger partial charge in [0.15, 0.2) is 5.82 Å². The number of aromatic nitrogens is 3. The third kappa shape index (κ3) is 3.48. The molecule has 0 aromatic carbocycles. The maximum atomic E-state index is 12.5. The standard InChI is InChI=1S/C18H25N5O/c1-13(2)23-11-7-16-15(12-23)21-17(22(16)3)18(24)20-10-6-14-4-8-19-9-5-14/h4-5,8-9,13H,6-7,10-12H2,1-3H3,(H,20,24). The van der Waals surface area contributed by atoms with E-state index in [0.717, 1.165) is 37.2 Å². The molecule has 1 N–H and O–H groups in total. The number of carbonyl (C=O) groups is 1. The molecule has 1 aliphatic rings. The van der Waals surface area contributed by atoms with E-state index in [4.69, 9.17) is 0 Å². The Balaban J connectivity index is 1.63. The Kier molecular flexibility index (Phi) is 4.94. The van der Waals surface area contributed by atoms with Crippen LogP contribution in [-0.4, -0.2) is 44.5 Å². The van der Waals surface area contributed by atoms with Gasteiger partial charge in [-0.1, -0.05) is 0 Å². The molecule has 6 heteroatoms. The van der Waals surface area contributed by atoms with Crippen molar-refractivity contribution in [3.8, 4) is 0 Å². The lowest BCUT2D eigenvalue weighted by molar-refractivity contribution is 0.0940. The summed E-state index contributed by atoms with van der Waals surface area (Å²) in [6.45, 7) is 6.83. The fourth-order valence-electron chi connectivity index (χ4n) is 3.14. The van der Waals surface area contributed by atoms with Crippen molar-refractivity contribution in [3.05, 3.63) is 47.3 Å². The molecule has 128 valence electrons. The number of amides is 1. The number of hydrogen-bond acceptors (Lipinski definition) is 4. The monoisotopic (exact) mass is 327 g/mol. The molecule has 1 amide bonds. The highest BCUT2D eigenvalue weighted by Gasteiger charge is 2.26. The Morgan fingerprint density at radius 2 is 2.08 bits per heavy atom. The summed E-state index contributed by atoms with van der Waals surface area (Å²) >= 11 is 0. The summed E-state index contributed by atoms with van der Waals surface area (Å²) in [6, 6.07) is 4.43. The van der Waals surface area contributed by atoms with Crippen molar-refractivity contribution in [2.75, 3.05) is 13.1 Å². The zero-order valence-corrected chi connectivity index (χ0v) is 14.6. The Hall–Kier alpha value is -2.21. The molecule has 0 atom stereocenters. The van der Waals surface area contributed by atoms with Crippen LogP contribution in [0.3, 0.4) is 0 Å². The van der Waals surface area contributed by atoms with Crippen LogP contribution in [0, 0.1) is 0 Å². The first kappa shape index (κ1) is 16.6. The molecule has 24 heavy (non-hydrogen) atoms. The predicted molar refractivity (Wildman–Crippen MR) is 92.7 cm³/mol. The lowest BCUT2D eigenvalue weighted by Gasteiger charge is -2.29. The van der Waals surface area contributed by atoms with Gasteiger partial charge in [0, 0.05) is 57.2 Å². The van der Waals surface area contributed by atoms with Crippen molar-refractivity contribution in [1.29, 1.82) is 0 Å². The van der Waals surface area contributed by atoms with Crippen molar-refractivity contribution in [3.63, 3.8) is 0 Å². The van der Waals surface area contributed by atoms with Gasteiger partial charge in [-0.3, -0.25) is 14.7 Å². The molecule has 0 radical (unpaired) electrons. The second kappa shape index (κ2) is 7.13. The molecule has 0 unspecified atom stereocenters. The van der Waals surface area contributed by atoms with E-state index in [-0.39, 0.29) is 5.91 Å². The molecule has 0 aliphatic carbocycles. The minimum Gasteiger partial charge on any atom is -0.349 e. The van der Waals surface area contributed by atoms with Crippen molar-refractivity contribution in [1.82, 2.24) is 24.8 Å². The maximum absolute atomic E-state index is 12.5. The average molecular weight is 327 g/mol. The van der Waals surface area contributed by atoms with Crippen LogP contribution in [0.25, 0.3) is 0 Å². The summed E-state index contributed by atoms with van der Waals surface area (Å²) < 4.78 is 1.95. The van der Waals surface area contributed by atoms with Gasteiger partial charge >= 0.3 is 0 Å². The van der Waals surface area contributed by atoms with Gasteiger partial charge < -0.3 is 9.88 Å². The fraction of sp³-hybridized carbons (Fsp3) is 0.500. The average Bonchev–Trinajstić information content (AvgIpc) is 2.92. The molecule has 0 saturated carbocycles. The van der Waals surface area contributed by atoms with E-state index in [1.165, 1.54) is 5.69 Å². The zero-order valence-electron chi connectivity index (χ0n) is 14.6. The minimum atomic E-state index is -0.1000. The highest BCUT2D eigenvalue weighted by atomic mass is 16.2. The summed E-state index contributed by atoms with van der Waals surface area (Å²) in [5.41, 5.74) is 3.39. The number of carbonyl (C=O) groups excluding carboxylic acids is 1. The Morgan fingerprint density at radius 1 is 1.33 bits per heavy atom. The van der Waals surface area contributed by atoms with Crippen LogP contribution < -0.4 is 5.32 Å². The fourth-order valence-corrected chi connectivity index (χ4v) is 3.14. The van der Waals surface area contributed by atoms with Crippen molar-refractivity contribution in [2.24, 2.45) is 7.05 Å². The van der Waals surface area contributed by atoms with E-state index in [1.54, 1.807) is 12.4 Å². The van der Waals surface area contributed by atoms with Gasteiger partial charge in [-0.2, -0.15) is 0 Å². The molecular formula is C18H25N5O. The lowest BCUT2D eigenvalue weighted by Crippen LogP contribution is -2.36. The number of imidazole rings is 1. The number of pyridine rings is 1. The van der Waals surface area contributed by atoms with Gasteiger partial charge in [0.05, 0.1) is 5.69 Å². The van der Waals surface area contributed by atoms with Gasteiger partial charge in [-0.15, -0.1) is 0 Å².